The molecule has 1 aliphatic rings. The van der Waals surface area contributed by atoms with E-state index in [2.05, 4.69) is 0 Å². The number of hydroxylamine groups is 2. The lowest BCUT2D eigenvalue weighted by Gasteiger charge is -2.45. The molecular formula is C18H26ClNO4. The quantitative estimate of drug-likeness (QED) is 0.828. The number of carbonyl (C=O) groups excluding carboxylic acids is 1. The average molecular weight is 356 g/mol. The lowest BCUT2D eigenvalue weighted by atomic mass is 9.82. The minimum absolute atomic E-state index is 0.256. The van der Waals surface area contributed by atoms with E-state index in [1.54, 1.807) is 19.3 Å². The van der Waals surface area contributed by atoms with Gasteiger partial charge in [0.25, 0.3) is 0 Å². The fourth-order valence-electron chi connectivity index (χ4n) is 2.89. The van der Waals surface area contributed by atoms with E-state index in [9.17, 15) is 4.79 Å². The van der Waals surface area contributed by atoms with Crippen molar-refractivity contribution < 1.29 is 19.1 Å². The second-order valence-electron chi connectivity index (χ2n) is 7.09. The van der Waals surface area contributed by atoms with E-state index in [1.807, 2.05) is 45.0 Å². The van der Waals surface area contributed by atoms with Gasteiger partial charge in [-0.1, -0.05) is 23.7 Å². The molecule has 24 heavy (non-hydrogen) atoms. The largest absolute Gasteiger partial charge is 0.377 e. The molecule has 0 spiro atoms. The zero-order chi connectivity index (χ0) is 18.0. The van der Waals surface area contributed by atoms with Crippen LogP contribution in [-0.4, -0.2) is 44.4 Å². The number of hydrogen-bond acceptors (Lipinski definition) is 5. The minimum atomic E-state index is -0.593. The third-order valence-electron chi connectivity index (χ3n) is 4.43. The summed E-state index contributed by atoms with van der Waals surface area (Å²) in [6.07, 6.45) is 0.367. The minimum Gasteiger partial charge on any atom is -0.377 e. The average Bonchev–Trinajstić information content (AvgIpc) is 2.54. The Balaban J connectivity index is 2.19. The van der Waals surface area contributed by atoms with Crippen molar-refractivity contribution in [2.24, 2.45) is 5.41 Å². The normalized spacial score (nSPS) is 25.5. The standard InChI is InChI=1S/C18H26ClNO4/c1-17(2,3)16(21)24-20-11-10-18(23-5,15(12-20)22-4)13-6-8-14(19)9-7-13/h6-9,15H,10-12H2,1-5H3. The molecule has 1 fully saturated rings. The van der Waals surface area contributed by atoms with E-state index >= 15 is 0 Å². The van der Waals surface area contributed by atoms with E-state index in [0.717, 1.165) is 5.56 Å². The second kappa shape index (κ2) is 7.40. The Morgan fingerprint density at radius 1 is 1.25 bits per heavy atom. The monoisotopic (exact) mass is 355 g/mol. The third kappa shape index (κ3) is 3.91. The Bertz CT molecular complexity index is 569. The fourth-order valence-corrected chi connectivity index (χ4v) is 3.02. The van der Waals surface area contributed by atoms with Crippen LogP contribution in [0.2, 0.25) is 5.02 Å². The van der Waals surface area contributed by atoms with Crippen molar-refractivity contribution >= 4 is 17.6 Å². The summed E-state index contributed by atoms with van der Waals surface area (Å²) in [5.41, 5.74) is -0.138. The Morgan fingerprint density at radius 2 is 1.88 bits per heavy atom. The lowest BCUT2D eigenvalue weighted by Crippen LogP contribution is -2.56. The molecule has 0 amide bonds. The molecule has 6 heteroatoms. The van der Waals surface area contributed by atoms with E-state index in [-0.39, 0.29) is 12.1 Å². The van der Waals surface area contributed by atoms with E-state index < -0.39 is 11.0 Å². The number of rotatable bonds is 4. The van der Waals surface area contributed by atoms with Gasteiger partial charge in [0.1, 0.15) is 11.7 Å². The Hall–Kier alpha value is -1.14. The summed E-state index contributed by atoms with van der Waals surface area (Å²) < 4.78 is 11.6. The molecule has 0 N–H and O–H groups in total. The number of benzene rings is 1. The molecular weight excluding hydrogens is 330 g/mol. The molecule has 5 nitrogen and oxygen atoms in total. The highest BCUT2D eigenvalue weighted by Gasteiger charge is 2.46. The Kier molecular flexibility index (Phi) is 5.91. The zero-order valence-corrected chi connectivity index (χ0v) is 15.7. The first kappa shape index (κ1) is 19.2. The van der Waals surface area contributed by atoms with Crippen LogP contribution in [0, 0.1) is 5.41 Å². The van der Waals surface area contributed by atoms with Crippen molar-refractivity contribution in [3.63, 3.8) is 0 Å². The fraction of sp³-hybridized carbons (Fsp3) is 0.611. The Morgan fingerprint density at radius 3 is 2.38 bits per heavy atom. The highest BCUT2D eigenvalue weighted by molar-refractivity contribution is 6.30. The maximum atomic E-state index is 12.1. The summed E-state index contributed by atoms with van der Waals surface area (Å²) in [5, 5.41) is 2.34. The molecule has 0 bridgehead atoms. The van der Waals surface area contributed by atoms with Gasteiger partial charge in [0.15, 0.2) is 0 Å². The van der Waals surface area contributed by atoms with Crippen LogP contribution >= 0.6 is 11.6 Å². The van der Waals surface area contributed by atoms with Crippen molar-refractivity contribution in [2.45, 2.75) is 38.9 Å². The van der Waals surface area contributed by atoms with Crippen molar-refractivity contribution in [1.82, 2.24) is 5.06 Å². The molecule has 1 aromatic rings. The van der Waals surface area contributed by atoms with Gasteiger partial charge in [0.05, 0.1) is 12.0 Å². The van der Waals surface area contributed by atoms with Gasteiger partial charge in [-0.05, 0) is 44.9 Å². The van der Waals surface area contributed by atoms with Crippen LogP contribution in [0.4, 0.5) is 0 Å². The van der Waals surface area contributed by atoms with Crippen LogP contribution in [0.1, 0.15) is 32.8 Å². The lowest BCUT2D eigenvalue weighted by molar-refractivity contribution is -0.243. The second-order valence-corrected chi connectivity index (χ2v) is 7.53. The van der Waals surface area contributed by atoms with Crippen LogP contribution in [0.15, 0.2) is 24.3 Å². The number of methoxy groups -OCH3 is 2. The molecule has 1 saturated heterocycles. The number of piperidine rings is 1. The van der Waals surface area contributed by atoms with E-state index in [0.29, 0.717) is 24.5 Å². The highest BCUT2D eigenvalue weighted by Crippen LogP contribution is 2.38. The number of nitrogens with zero attached hydrogens (tertiary/aromatic N) is 1. The van der Waals surface area contributed by atoms with Gasteiger partial charge in [-0.15, -0.1) is 5.06 Å². The maximum absolute atomic E-state index is 12.1. The molecule has 134 valence electrons. The summed E-state index contributed by atoms with van der Waals surface area (Å²) in [5.74, 6) is -0.256. The van der Waals surface area contributed by atoms with Crippen molar-refractivity contribution in [3.8, 4) is 0 Å². The van der Waals surface area contributed by atoms with Gasteiger partial charge in [-0.25, -0.2) is 4.79 Å². The summed E-state index contributed by atoms with van der Waals surface area (Å²) in [6.45, 7) is 6.51. The molecule has 2 unspecified atom stereocenters. The molecule has 2 atom stereocenters. The summed E-state index contributed by atoms with van der Waals surface area (Å²) in [7, 11) is 3.32. The molecule has 1 aliphatic heterocycles. The molecule has 1 aromatic carbocycles. The molecule has 0 saturated carbocycles. The van der Waals surface area contributed by atoms with Gasteiger partial charge in [0, 0.05) is 25.8 Å². The Labute approximate surface area is 148 Å². The topological polar surface area (TPSA) is 48.0 Å². The first-order valence-corrected chi connectivity index (χ1v) is 8.42. The van der Waals surface area contributed by atoms with Gasteiger partial charge in [0.2, 0.25) is 0 Å². The maximum Gasteiger partial charge on any atom is 0.330 e. The molecule has 0 aromatic heterocycles. The van der Waals surface area contributed by atoms with Crippen LogP contribution in [0.25, 0.3) is 0 Å². The highest BCUT2D eigenvalue weighted by atomic mass is 35.5. The zero-order valence-electron chi connectivity index (χ0n) is 15.0. The first-order valence-electron chi connectivity index (χ1n) is 8.04. The number of carbonyl (C=O) groups is 1. The van der Waals surface area contributed by atoms with Gasteiger partial charge >= 0.3 is 5.97 Å². The summed E-state index contributed by atoms with van der Waals surface area (Å²) >= 11 is 5.99. The number of ether oxygens (including phenoxy) is 2. The first-order chi connectivity index (χ1) is 11.2. The van der Waals surface area contributed by atoms with Crippen molar-refractivity contribution in [1.29, 1.82) is 0 Å². The van der Waals surface area contributed by atoms with E-state index in [1.165, 1.54) is 0 Å². The number of hydrogen-bond donors (Lipinski definition) is 0. The van der Waals surface area contributed by atoms with Gasteiger partial charge < -0.3 is 14.3 Å². The predicted octanol–water partition coefficient (Wildman–Crippen LogP) is 3.41. The number of halogens is 1. The van der Waals surface area contributed by atoms with Crippen LogP contribution in [-0.2, 0) is 24.7 Å². The van der Waals surface area contributed by atoms with Gasteiger partial charge in [-0.2, -0.15) is 0 Å². The summed E-state index contributed by atoms with van der Waals surface area (Å²) in [4.78, 5) is 17.6. The molecule has 2 rings (SSSR count). The van der Waals surface area contributed by atoms with Crippen molar-refractivity contribution in [3.05, 3.63) is 34.9 Å². The molecule has 0 aliphatic carbocycles. The SMILES string of the molecule is COC1CN(OC(=O)C(C)(C)C)CCC1(OC)c1ccc(Cl)cc1. The smallest absolute Gasteiger partial charge is 0.330 e. The van der Waals surface area contributed by atoms with E-state index in [4.69, 9.17) is 25.9 Å². The molecule has 1 heterocycles. The van der Waals surface area contributed by atoms with Crippen molar-refractivity contribution in [2.75, 3.05) is 27.3 Å². The predicted molar refractivity (Wildman–Crippen MR) is 92.7 cm³/mol. The summed E-state index contributed by atoms with van der Waals surface area (Å²) in [6, 6.07) is 7.59. The third-order valence-corrected chi connectivity index (χ3v) is 4.68. The van der Waals surface area contributed by atoms with Crippen LogP contribution in [0.3, 0.4) is 0 Å². The molecule has 0 radical (unpaired) electrons. The van der Waals surface area contributed by atoms with Crippen LogP contribution < -0.4 is 0 Å². The van der Waals surface area contributed by atoms with Gasteiger partial charge in [-0.3, -0.25) is 0 Å². The van der Waals surface area contributed by atoms with Crippen LogP contribution in [0.5, 0.6) is 0 Å².